The Morgan fingerprint density at radius 1 is 0.909 bits per heavy atom. The van der Waals surface area contributed by atoms with Crippen molar-refractivity contribution < 1.29 is 9.59 Å². The molecular weight excluding hydrogens is 139 g/mol. The van der Waals surface area contributed by atoms with Gasteiger partial charge in [0.15, 0.2) is 0 Å². The van der Waals surface area contributed by atoms with E-state index in [1.165, 1.54) is 7.28 Å². The first-order chi connectivity index (χ1) is 4.95. The van der Waals surface area contributed by atoms with Gasteiger partial charge in [-0.1, -0.05) is 27.7 Å². The Labute approximate surface area is 68.6 Å². The van der Waals surface area contributed by atoms with Crippen LogP contribution in [0.5, 0.6) is 0 Å². The first kappa shape index (κ1) is 10.4. The van der Waals surface area contributed by atoms with Crippen LogP contribution in [0.4, 0.5) is 0 Å². The molecular formula is C8H14BO2. The highest BCUT2D eigenvalue weighted by Crippen LogP contribution is 1.97. The van der Waals surface area contributed by atoms with Crippen molar-refractivity contribution in [3.8, 4) is 0 Å². The van der Waals surface area contributed by atoms with Gasteiger partial charge in [0.2, 0.25) is 0 Å². The van der Waals surface area contributed by atoms with Crippen molar-refractivity contribution in [3.05, 3.63) is 0 Å². The van der Waals surface area contributed by atoms with E-state index in [0.29, 0.717) is 0 Å². The van der Waals surface area contributed by atoms with Crippen LogP contribution in [0.2, 0.25) is 0 Å². The van der Waals surface area contributed by atoms with Gasteiger partial charge >= 0.3 is 0 Å². The molecule has 0 amide bonds. The van der Waals surface area contributed by atoms with Gasteiger partial charge in [-0.25, -0.2) is 0 Å². The summed E-state index contributed by atoms with van der Waals surface area (Å²) < 4.78 is 0. The predicted octanol–water partition coefficient (Wildman–Crippen LogP) is 1.06. The lowest BCUT2D eigenvalue weighted by Gasteiger charge is -2.03. The van der Waals surface area contributed by atoms with E-state index in [0.717, 1.165) is 0 Å². The van der Waals surface area contributed by atoms with E-state index in [9.17, 15) is 9.59 Å². The second kappa shape index (κ2) is 4.32. The van der Waals surface area contributed by atoms with Gasteiger partial charge in [-0.3, -0.25) is 0 Å². The van der Waals surface area contributed by atoms with E-state index in [2.05, 4.69) is 0 Å². The highest BCUT2D eigenvalue weighted by Gasteiger charge is 2.17. The highest BCUT2D eigenvalue weighted by atomic mass is 16.1. The van der Waals surface area contributed by atoms with Gasteiger partial charge in [0.05, 0.1) is 11.4 Å². The normalized spacial score (nSPS) is 10.4. The topological polar surface area (TPSA) is 34.1 Å². The van der Waals surface area contributed by atoms with Gasteiger partial charge in [-0.05, 0) is 0 Å². The maximum Gasteiger partial charge on any atom is 0.291 e. The summed E-state index contributed by atoms with van der Waals surface area (Å²) in [5.41, 5.74) is -0.160. The SMILES string of the molecule is CC(C)C(=O)[B]C(=O)C(C)C. The number of rotatable bonds is 4. The van der Waals surface area contributed by atoms with Gasteiger partial charge in [0.25, 0.3) is 7.28 Å². The largest absolute Gasteiger partial charge is 0.311 e. The zero-order valence-corrected chi connectivity index (χ0v) is 7.55. The fraction of sp³-hybridized carbons (Fsp3) is 0.750. The Morgan fingerprint density at radius 3 is 1.36 bits per heavy atom. The molecule has 0 saturated carbocycles. The molecule has 2 nitrogen and oxygen atoms in total. The average molecular weight is 153 g/mol. The van der Waals surface area contributed by atoms with Crippen molar-refractivity contribution in [2.24, 2.45) is 11.8 Å². The van der Waals surface area contributed by atoms with Crippen LogP contribution >= 0.6 is 0 Å². The molecule has 0 N–H and O–H groups in total. The van der Waals surface area contributed by atoms with Crippen LogP contribution in [-0.2, 0) is 9.59 Å². The highest BCUT2D eigenvalue weighted by molar-refractivity contribution is 6.97. The predicted molar refractivity (Wildman–Crippen MR) is 45.4 cm³/mol. The van der Waals surface area contributed by atoms with E-state index in [1.807, 2.05) is 0 Å². The lowest BCUT2D eigenvalue weighted by atomic mass is 9.62. The van der Waals surface area contributed by atoms with E-state index >= 15 is 0 Å². The molecule has 0 aliphatic carbocycles. The minimum Gasteiger partial charge on any atom is -0.311 e. The number of hydrogen-bond acceptors (Lipinski definition) is 2. The maximum absolute atomic E-state index is 11.0. The molecule has 0 rings (SSSR count). The Balaban J connectivity index is 3.86. The first-order valence-corrected chi connectivity index (χ1v) is 3.87. The van der Waals surface area contributed by atoms with Crippen molar-refractivity contribution in [1.29, 1.82) is 0 Å². The molecule has 0 unspecified atom stereocenters. The number of carbonyl (C=O) groups excluding carboxylic acids is 2. The Morgan fingerprint density at radius 2 is 1.18 bits per heavy atom. The summed E-state index contributed by atoms with van der Waals surface area (Å²) in [7, 11) is 1.20. The maximum atomic E-state index is 11.0. The van der Waals surface area contributed by atoms with Crippen molar-refractivity contribution in [1.82, 2.24) is 0 Å². The van der Waals surface area contributed by atoms with E-state index in [4.69, 9.17) is 0 Å². The smallest absolute Gasteiger partial charge is 0.291 e. The average Bonchev–Trinajstić information content (AvgIpc) is 1.87. The lowest BCUT2D eigenvalue weighted by molar-refractivity contribution is -0.117. The molecule has 0 aromatic rings. The molecule has 0 aromatic heterocycles. The van der Waals surface area contributed by atoms with Crippen molar-refractivity contribution in [2.45, 2.75) is 27.7 Å². The Hall–Kier alpha value is -0.595. The third-order valence-corrected chi connectivity index (χ3v) is 1.42. The Kier molecular flexibility index (Phi) is 4.08. The minimum absolute atomic E-state index is 0.0716. The third-order valence-electron chi connectivity index (χ3n) is 1.42. The molecule has 1 radical (unpaired) electrons. The molecule has 0 bridgehead atoms. The van der Waals surface area contributed by atoms with Crippen molar-refractivity contribution >= 4 is 18.6 Å². The number of hydrogen-bond donors (Lipinski definition) is 0. The molecule has 61 valence electrons. The molecule has 0 saturated heterocycles. The first-order valence-electron chi connectivity index (χ1n) is 3.87. The summed E-state index contributed by atoms with van der Waals surface area (Å²) >= 11 is 0. The van der Waals surface area contributed by atoms with Crippen LogP contribution in [-0.4, -0.2) is 18.6 Å². The van der Waals surface area contributed by atoms with Crippen LogP contribution in [0, 0.1) is 11.8 Å². The van der Waals surface area contributed by atoms with Gasteiger partial charge in [0.1, 0.15) is 0 Å². The summed E-state index contributed by atoms with van der Waals surface area (Å²) in [6.45, 7) is 7.14. The van der Waals surface area contributed by atoms with Crippen LogP contribution in [0.1, 0.15) is 27.7 Å². The van der Waals surface area contributed by atoms with Gasteiger partial charge < -0.3 is 9.59 Å². The fourth-order valence-corrected chi connectivity index (χ4v) is 0.474. The van der Waals surface area contributed by atoms with Gasteiger partial charge in [0, 0.05) is 11.8 Å². The molecule has 0 fully saturated rings. The molecule has 0 heterocycles. The lowest BCUT2D eigenvalue weighted by Crippen LogP contribution is -2.27. The Bertz CT molecular complexity index is 143. The van der Waals surface area contributed by atoms with Crippen molar-refractivity contribution in [3.63, 3.8) is 0 Å². The molecule has 11 heavy (non-hydrogen) atoms. The molecule has 0 aliphatic heterocycles. The summed E-state index contributed by atoms with van der Waals surface area (Å²) in [4.78, 5) is 22.0. The summed E-state index contributed by atoms with van der Waals surface area (Å²) in [5, 5.41) is 0. The number of carbonyl (C=O) groups is 2. The molecule has 0 aliphatic rings. The summed E-state index contributed by atoms with van der Waals surface area (Å²) in [5.74, 6) is -0.143. The zero-order chi connectivity index (χ0) is 9.02. The third kappa shape index (κ3) is 3.96. The van der Waals surface area contributed by atoms with Crippen molar-refractivity contribution in [2.75, 3.05) is 0 Å². The molecule has 0 spiro atoms. The molecule has 0 atom stereocenters. The van der Waals surface area contributed by atoms with Crippen LogP contribution < -0.4 is 0 Å². The van der Waals surface area contributed by atoms with Gasteiger partial charge in [-0.15, -0.1) is 0 Å². The monoisotopic (exact) mass is 153 g/mol. The second-order valence-corrected chi connectivity index (χ2v) is 3.26. The second-order valence-electron chi connectivity index (χ2n) is 3.26. The standard InChI is InChI=1S/C8H14BO2/c1-5(2)7(10)9-8(11)6(3)4/h5-6H,1-4H3. The zero-order valence-electron chi connectivity index (χ0n) is 7.55. The van der Waals surface area contributed by atoms with E-state index in [1.54, 1.807) is 27.7 Å². The van der Waals surface area contributed by atoms with Crippen LogP contribution in [0.25, 0.3) is 0 Å². The van der Waals surface area contributed by atoms with E-state index < -0.39 is 0 Å². The molecule has 0 aromatic carbocycles. The minimum atomic E-state index is -0.0799. The molecule has 3 heteroatoms. The van der Waals surface area contributed by atoms with Gasteiger partial charge in [-0.2, -0.15) is 0 Å². The quantitative estimate of drug-likeness (QED) is 0.565. The van der Waals surface area contributed by atoms with E-state index in [-0.39, 0.29) is 23.2 Å². The fourth-order valence-electron chi connectivity index (χ4n) is 0.474. The van der Waals surface area contributed by atoms with Crippen LogP contribution in [0.15, 0.2) is 0 Å². The summed E-state index contributed by atoms with van der Waals surface area (Å²) in [6, 6.07) is 0. The summed E-state index contributed by atoms with van der Waals surface area (Å²) in [6.07, 6.45) is 0. The van der Waals surface area contributed by atoms with Crippen LogP contribution in [0.3, 0.4) is 0 Å².